The first-order valence-corrected chi connectivity index (χ1v) is 8.27. The van der Waals surface area contributed by atoms with E-state index in [0.717, 1.165) is 11.1 Å². The van der Waals surface area contributed by atoms with Crippen molar-refractivity contribution >= 4 is 37.6 Å². The third kappa shape index (κ3) is 3.58. The van der Waals surface area contributed by atoms with Crippen LogP contribution in [0.5, 0.6) is 0 Å². The lowest BCUT2D eigenvalue weighted by atomic mass is 10.0. The highest BCUT2D eigenvalue weighted by molar-refractivity contribution is 9.10. The first-order valence-electron chi connectivity index (χ1n) is 6.44. The lowest BCUT2D eigenvalue weighted by molar-refractivity contribution is -0.118. The van der Waals surface area contributed by atoms with Gasteiger partial charge in [0.1, 0.15) is 0 Å². The minimum Gasteiger partial charge on any atom is -0.296 e. The summed E-state index contributed by atoms with van der Waals surface area (Å²) in [7, 11) is 0. The molecule has 104 valence electrons. The molecule has 0 aliphatic carbocycles. The molecule has 0 aromatic heterocycles. The zero-order chi connectivity index (χ0) is 14.7. The summed E-state index contributed by atoms with van der Waals surface area (Å²) in [4.78, 5) is 11.9. The molecule has 20 heavy (non-hydrogen) atoms. The Morgan fingerprint density at radius 2 is 1.05 bits per heavy atom. The Kier molecular flexibility index (Phi) is 5.17. The van der Waals surface area contributed by atoms with Gasteiger partial charge >= 0.3 is 0 Å². The van der Waals surface area contributed by atoms with E-state index >= 15 is 0 Å². The molecular weight excluding hydrogens is 380 g/mol. The van der Waals surface area contributed by atoms with Gasteiger partial charge in [0.2, 0.25) is 0 Å². The number of rotatable bonds is 4. The first-order chi connectivity index (χ1) is 9.49. The van der Waals surface area contributed by atoms with Crippen LogP contribution >= 0.6 is 31.9 Å². The summed E-state index contributed by atoms with van der Waals surface area (Å²) in [6.07, 6.45) is 0. The maximum atomic E-state index is 12.5. The molecule has 0 heterocycles. The van der Waals surface area contributed by atoms with Gasteiger partial charge in [-0.2, -0.15) is 0 Å². The quantitative estimate of drug-likeness (QED) is 0.629. The average molecular weight is 396 g/mol. The van der Waals surface area contributed by atoms with Crippen LogP contribution in [0.1, 0.15) is 31.9 Å². The van der Waals surface area contributed by atoms with Gasteiger partial charge in [-0.1, -0.05) is 91.5 Å². The average Bonchev–Trinajstić information content (AvgIpc) is 2.46. The second-order valence-corrected chi connectivity index (χ2v) is 6.78. The van der Waals surface area contributed by atoms with E-state index in [1.54, 1.807) is 0 Å². The number of benzene rings is 2. The van der Waals surface area contributed by atoms with Crippen molar-refractivity contribution in [3.63, 3.8) is 0 Å². The molecular formula is C17H16Br2O. The highest BCUT2D eigenvalue weighted by Crippen LogP contribution is 2.34. The van der Waals surface area contributed by atoms with Gasteiger partial charge in [0, 0.05) is 0 Å². The van der Waals surface area contributed by atoms with Crippen molar-refractivity contribution in [2.75, 3.05) is 0 Å². The van der Waals surface area contributed by atoms with E-state index in [0.29, 0.717) is 0 Å². The Morgan fingerprint density at radius 1 is 0.750 bits per heavy atom. The summed E-state index contributed by atoms with van der Waals surface area (Å²) >= 11 is 7.02. The van der Waals surface area contributed by atoms with Crippen LogP contribution in [0.25, 0.3) is 0 Å². The molecule has 0 saturated carbocycles. The van der Waals surface area contributed by atoms with E-state index < -0.39 is 0 Å². The third-order valence-corrected chi connectivity index (χ3v) is 5.20. The van der Waals surface area contributed by atoms with Crippen molar-refractivity contribution in [2.45, 2.75) is 23.5 Å². The minimum atomic E-state index is -0.297. The molecule has 2 atom stereocenters. The van der Waals surface area contributed by atoms with Crippen molar-refractivity contribution in [3.8, 4) is 0 Å². The number of aryl methyl sites for hydroxylation is 2. The van der Waals surface area contributed by atoms with Crippen LogP contribution in [0.3, 0.4) is 0 Å². The Labute approximate surface area is 136 Å². The van der Waals surface area contributed by atoms with Crippen LogP contribution in [-0.4, -0.2) is 5.78 Å². The van der Waals surface area contributed by atoms with Crippen molar-refractivity contribution in [1.82, 2.24) is 0 Å². The summed E-state index contributed by atoms with van der Waals surface area (Å²) in [6.45, 7) is 4.07. The van der Waals surface area contributed by atoms with Gasteiger partial charge in [-0.05, 0) is 25.0 Å². The number of ketones is 1. The van der Waals surface area contributed by atoms with Crippen molar-refractivity contribution < 1.29 is 4.79 Å². The van der Waals surface area contributed by atoms with E-state index in [1.165, 1.54) is 11.1 Å². The zero-order valence-corrected chi connectivity index (χ0v) is 14.6. The number of alkyl halides is 2. The van der Waals surface area contributed by atoms with Crippen LogP contribution in [0, 0.1) is 13.8 Å². The van der Waals surface area contributed by atoms with E-state index in [-0.39, 0.29) is 15.4 Å². The molecule has 0 bridgehead atoms. The van der Waals surface area contributed by atoms with E-state index in [1.807, 2.05) is 62.4 Å². The Morgan fingerprint density at radius 3 is 1.35 bits per heavy atom. The molecule has 0 aliphatic rings. The largest absolute Gasteiger partial charge is 0.296 e. The molecule has 2 unspecified atom stereocenters. The fourth-order valence-electron chi connectivity index (χ4n) is 1.93. The van der Waals surface area contributed by atoms with Crippen LogP contribution in [0.2, 0.25) is 0 Å². The second kappa shape index (κ2) is 6.68. The number of hydrogen-bond donors (Lipinski definition) is 0. The molecule has 0 fully saturated rings. The van der Waals surface area contributed by atoms with Crippen molar-refractivity contribution in [3.05, 3.63) is 70.8 Å². The minimum absolute atomic E-state index is 0.109. The predicted octanol–water partition coefficient (Wildman–Crippen LogP) is 5.44. The van der Waals surface area contributed by atoms with Gasteiger partial charge < -0.3 is 0 Å². The van der Waals surface area contributed by atoms with Crippen LogP contribution < -0.4 is 0 Å². The smallest absolute Gasteiger partial charge is 0.168 e. The molecule has 3 heteroatoms. The van der Waals surface area contributed by atoms with E-state index in [9.17, 15) is 4.79 Å². The second-order valence-electron chi connectivity index (χ2n) is 4.95. The maximum Gasteiger partial charge on any atom is 0.168 e. The topological polar surface area (TPSA) is 17.1 Å². The molecule has 2 aromatic carbocycles. The van der Waals surface area contributed by atoms with Gasteiger partial charge in [-0.25, -0.2) is 0 Å². The Hall–Kier alpha value is -0.930. The van der Waals surface area contributed by atoms with Crippen molar-refractivity contribution in [2.24, 2.45) is 0 Å². The van der Waals surface area contributed by atoms with Gasteiger partial charge in [0.15, 0.2) is 5.78 Å². The number of halogens is 2. The summed E-state index contributed by atoms with van der Waals surface area (Å²) in [5.74, 6) is 0.109. The zero-order valence-electron chi connectivity index (χ0n) is 11.4. The SMILES string of the molecule is Cc1ccc(C(Br)C(=O)C(Br)c2ccc(C)cc2)cc1. The molecule has 0 aliphatic heterocycles. The normalized spacial score (nSPS) is 13.8. The molecule has 0 radical (unpaired) electrons. The molecule has 1 nitrogen and oxygen atoms in total. The molecule has 0 saturated heterocycles. The fourth-order valence-corrected chi connectivity index (χ4v) is 3.42. The number of carbonyl (C=O) groups is 1. The van der Waals surface area contributed by atoms with Crippen LogP contribution in [-0.2, 0) is 4.79 Å². The third-order valence-electron chi connectivity index (χ3n) is 3.24. The lowest BCUT2D eigenvalue weighted by Crippen LogP contribution is -2.12. The highest BCUT2D eigenvalue weighted by atomic mass is 79.9. The summed E-state index contributed by atoms with van der Waals surface area (Å²) < 4.78 is 0. The summed E-state index contributed by atoms with van der Waals surface area (Å²) in [5.41, 5.74) is 4.35. The standard InChI is InChI=1S/C17H16Br2O/c1-11-3-7-13(8-4-11)15(18)17(20)16(19)14-9-5-12(2)6-10-14/h3-10,15-16H,1-2H3. The summed E-state index contributed by atoms with van der Waals surface area (Å²) in [5, 5.41) is 0. The molecule has 0 N–H and O–H groups in total. The summed E-state index contributed by atoms with van der Waals surface area (Å²) in [6, 6.07) is 16.0. The van der Waals surface area contributed by atoms with Crippen molar-refractivity contribution in [1.29, 1.82) is 0 Å². The first kappa shape index (κ1) is 15.5. The predicted molar refractivity (Wildman–Crippen MR) is 90.7 cm³/mol. The lowest BCUT2D eigenvalue weighted by Gasteiger charge is -2.15. The maximum absolute atomic E-state index is 12.5. The molecule has 2 aromatic rings. The molecule has 0 amide bonds. The van der Waals surface area contributed by atoms with Gasteiger partial charge in [0.25, 0.3) is 0 Å². The number of Topliss-reactive ketones (excluding diaryl/α,β-unsaturated/α-hetero) is 1. The number of hydrogen-bond acceptors (Lipinski definition) is 1. The van der Waals surface area contributed by atoms with E-state index in [2.05, 4.69) is 31.9 Å². The van der Waals surface area contributed by atoms with Gasteiger partial charge in [0.05, 0.1) is 9.65 Å². The van der Waals surface area contributed by atoms with Gasteiger partial charge in [-0.15, -0.1) is 0 Å². The van der Waals surface area contributed by atoms with Crippen LogP contribution in [0.15, 0.2) is 48.5 Å². The number of carbonyl (C=O) groups excluding carboxylic acids is 1. The molecule has 0 spiro atoms. The van der Waals surface area contributed by atoms with Crippen LogP contribution in [0.4, 0.5) is 0 Å². The van der Waals surface area contributed by atoms with Gasteiger partial charge in [-0.3, -0.25) is 4.79 Å². The molecule has 2 rings (SSSR count). The Bertz CT molecular complexity index is 534. The Balaban J connectivity index is 2.17. The monoisotopic (exact) mass is 394 g/mol. The fraction of sp³-hybridized carbons (Fsp3) is 0.235. The highest BCUT2D eigenvalue weighted by Gasteiger charge is 2.25. The van der Waals surface area contributed by atoms with E-state index in [4.69, 9.17) is 0 Å².